The Morgan fingerprint density at radius 2 is 1.89 bits per heavy atom. The Labute approximate surface area is 231 Å². The van der Waals surface area contributed by atoms with Gasteiger partial charge < -0.3 is 9.47 Å². The van der Waals surface area contributed by atoms with Crippen LogP contribution >= 0.6 is 43.5 Å². The van der Waals surface area contributed by atoms with Gasteiger partial charge in [-0.05, 0) is 57.9 Å². The van der Waals surface area contributed by atoms with Crippen LogP contribution in [0, 0.1) is 0 Å². The number of carbonyl (C=O) groups excluding carboxylic acids is 1. The van der Waals surface area contributed by atoms with Gasteiger partial charge in [0.05, 0.1) is 29.7 Å². The minimum absolute atomic E-state index is 0.243. The molecule has 3 aromatic rings. The molecule has 0 aliphatic carbocycles. The number of nitrogens with one attached hydrogen (secondary N) is 1. The molecule has 0 aliphatic rings. The summed E-state index contributed by atoms with van der Waals surface area (Å²) in [4.78, 5) is 12.4. The summed E-state index contributed by atoms with van der Waals surface area (Å²) in [6.45, 7) is -0.193. The molecule has 3 rings (SSSR count). The van der Waals surface area contributed by atoms with Crippen molar-refractivity contribution in [3.8, 4) is 11.5 Å². The first-order valence-corrected chi connectivity index (χ1v) is 14.2. The lowest BCUT2D eigenvalue weighted by Gasteiger charge is -2.21. The normalized spacial score (nSPS) is 11.4. The number of halogens is 3. The molecular weight excluding hydrogens is 638 g/mol. The second kappa shape index (κ2) is 12.6. The van der Waals surface area contributed by atoms with E-state index in [1.54, 1.807) is 42.5 Å². The molecule has 0 heterocycles. The predicted octanol–water partition coefficient (Wildman–Crippen LogP) is 5.37. The number of rotatable bonds is 10. The molecule has 1 N–H and O–H groups in total. The fourth-order valence-corrected chi connectivity index (χ4v) is 5.10. The number of benzene rings is 3. The van der Waals surface area contributed by atoms with Crippen molar-refractivity contribution in [2.24, 2.45) is 5.10 Å². The second-order valence-electron chi connectivity index (χ2n) is 7.46. The molecule has 0 unspecified atom stereocenters. The highest BCUT2D eigenvalue weighted by atomic mass is 79.9. The fraction of sp³-hybridized carbons (Fsp3) is 0.167. The summed E-state index contributed by atoms with van der Waals surface area (Å²) >= 11 is 13.0. The molecule has 0 atom stereocenters. The average Bonchev–Trinajstić information content (AvgIpc) is 2.81. The van der Waals surface area contributed by atoms with Crippen LogP contribution in [0.3, 0.4) is 0 Å². The largest absolute Gasteiger partial charge is 0.493 e. The molecule has 8 nitrogen and oxygen atoms in total. The molecule has 0 radical (unpaired) electrons. The lowest BCUT2D eigenvalue weighted by Crippen LogP contribution is -2.39. The first-order valence-electron chi connectivity index (χ1n) is 10.4. The van der Waals surface area contributed by atoms with Gasteiger partial charge in [-0.1, -0.05) is 51.8 Å². The molecule has 0 saturated heterocycles. The highest BCUT2D eigenvalue weighted by molar-refractivity contribution is 9.10. The van der Waals surface area contributed by atoms with Gasteiger partial charge in [0.15, 0.2) is 11.5 Å². The SMILES string of the molecule is COc1cc(/C=N\NC(=O)CN(c2cccc(Br)c2)S(C)(=O)=O)cc(Br)c1OCc1ccccc1Cl. The van der Waals surface area contributed by atoms with E-state index in [0.29, 0.717) is 36.7 Å². The molecule has 0 fully saturated rings. The number of carbonyl (C=O) groups is 1. The number of anilines is 1. The lowest BCUT2D eigenvalue weighted by molar-refractivity contribution is -0.119. The smallest absolute Gasteiger partial charge is 0.260 e. The van der Waals surface area contributed by atoms with E-state index in [2.05, 4.69) is 42.4 Å². The Morgan fingerprint density at radius 1 is 1.14 bits per heavy atom. The van der Waals surface area contributed by atoms with Crippen LogP contribution in [0.25, 0.3) is 0 Å². The van der Waals surface area contributed by atoms with E-state index in [4.69, 9.17) is 21.1 Å². The average molecular weight is 660 g/mol. The molecule has 3 aromatic carbocycles. The first-order chi connectivity index (χ1) is 17.1. The van der Waals surface area contributed by atoms with Crippen LogP contribution in [-0.4, -0.2) is 40.4 Å². The van der Waals surface area contributed by atoms with Crippen LogP contribution in [0.1, 0.15) is 11.1 Å². The zero-order valence-corrected chi connectivity index (χ0v) is 24.0. The van der Waals surface area contributed by atoms with Crippen LogP contribution < -0.4 is 19.2 Å². The molecule has 0 aromatic heterocycles. The zero-order chi connectivity index (χ0) is 26.3. The molecule has 1 amide bonds. The number of sulfonamides is 1. The molecule has 0 aliphatic heterocycles. The lowest BCUT2D eigenvalue weighted by atomic mass is 10.2. The van der Waals surface area contributed by atoms with E-state index in [1.165, 1.54) is 13.3 Å². The summed E-state index contributed by atoms with van der Waals surface area (Å²) in [7, 11) is -2.19. The molecule has 0 spiro atoms. The maximum atomic E-state index is 12.4. The third-order valence-electron chi connectivity index (χ3n) is 4.77. The second-order valence-corrected chi connectivity index (χ2v) is 11.5. The van der Waals surface area contributed by atoms with Crippen molar-refractivity contribution in [2.45, 2.75) is 6.61 Å². The summed E-state index contributed by atoms with van der Waals surface area (Å²) in [5, 5.41) is 4.55. The van der Waals surface area contributed by atoms with E-state index in [0.717, 1.165) is 16.1 Å². The van der Waals surface area contributed by atoms with Crippen molar-refractivity contribution < 1.29 is 22.7 Å². The Hall–Kier alpha value is -2.60. The first kappa shape index (κ1) is 28.0. The summed E-state index contributed by atoms with van der Waals surface area (Å²) in [5.74, 6) is 0.320. The van der Waals surface area contributed by atoms with Crippen LogP contribution in [0.4, 0.5) is 5.69 Å². The van der Waals surface area contributed by atoms with Crippen LogP contribution in [-0.2, 0) is 21.4 Å². The maximum absolute atomic E-state index is 12.4. The third-order valence-corrected chi connectivity index (χ3v) is 7.36. The van der Waals surface area contributed by atoms with Crippen LogP contribution in [0.15, 0.2) is 74.7 Å². The number of nitrogens with zero attached hydrogens (tertiary/aromatic N) is 2. The number of methoxy groups -OCH3 is 1. The molecule has 0 bridgehead atoms. The molecule has 36 heavy (non-hydrogen) atoms. The van der Waals surface area contributed by atoms with Crippen LogP contribution in [0.5, 0.6) is 11.5 Å². The molecule has 190 valence electrons. The summed E-state index contributed by atoms with van der Waals surface area (Å²) in [6, 6.07) is 17.4. The summed E-state index contributed by atoms with van der Waals surface area (Å²) in [6.07, 6.45) is 2.44. The van der Waals surface area contributed by atoms with Gasteiger partial charge in [-0.2, -0.15) is 5.10 Å². The van der Waals surface area contributed by atoms with Gasteiger partial charge in [-0.25, -0.2) is 13.8 Å². The number of amides is 1. The van der Waals surface area contributed by atoms with E-state index in [9.17, 15) is 13.2 Å². The Kier molecular flexibility index (Phi) is 9.77. The monoisotopic (exact) mass is 657 g/mol. The van der Waals surface area contributed by atoms with Crippen molar-refractivity contribution in [1.82, 2.24) is 5.43 Å². The number of hydrogen-bond donors (Lipinski definition) is 1. The van der Waals surface area contributed by atoms with E-state index in [1.807, 2.05) is 18.2 Å². The molecule has 0 saturated carbocycles. The minimum atomic E-state index is -3.70. The Morgan fingerprint density at radius 3 is 2.56 bits per heavy atom. The highest BCUT2D eigenvalue weighted by Gasteiger charge is 2.21. The van der Waals surface area contributed by atoms with Gasteiger partial charge in [0.2, 0.25) is 10.0 Å². The highest BCUT2D eigenvalue weighted by Crippen LogP contribution is 2.37. The molecular formula is C24H22Br2ClN3O5S. The Bertz CT molecular complexity index is 1390. The molecule has 12 heteroatoms. The standard InChI is InChI=1S/C24H22Br2ClN3O5S/c1-34-22-11-16(10-20(26)24(22)35-15-17-6-3-4-9-21(17)27)13-28-29-23(31)14-30(36(2,32)33)19-8-5-7-18(25)12-19/h3-13H,14-15H2,1-2H3,(H,29,31)/b28-13-. The topological polar surface area (TPSA) is 97.3 Å². The van der Waals surface area contributed by atoms with E-state index < -0.39 is 22.5 Å². The quantitative estimate of drug-likeness (QED) is 0.233. The van der Waals surface area contributed by atoms with Gasteiger partial charge in [0.25, 0.3) is 5.91 Å². The van der Waals surface area contributed by atoms with Gasteiger partial charge in [0.1, 0.15) is 13.2 Å². The number of hydrogen-bond acceptors (Lipinski definition) is 6. The van der Waals surface area contributed by atoms with Gasteiger partial charge >= 0.3 is 0 Å². The van der Waals surface area contributed by atoms with Gasteiger partial charge in [0, 0.05) is 15.1 Å². The third kappa shape index (κ3) is 7.70. The fourth-order valence-electron chi connectivity index (χ4n) is 3.10. The van der Waals surface area contributed by atoms with Crippen molar-refractivity contribution in [3.63, 3.8) is 0 Å². The van der Waals surface area contributed by atoms with Gasteiger partial charge in [-0.3, -0.25) is 9.10 Å². The van der Waals surface area contributed by atoms with Gasteiger partial charge in [-0.15, -0.1) is 0 Å². The Balaban J connectivity index is 1.69. The van der Waals surface area contributed by atoms with Crippen molar-refractivity contribution in [1.29, 1.82) is 0 Å². The van der Waals surface area contributed by atoms with Crippen LogP contribution in [0.2, 0.25) is 5.02 Å². The maximum Gasteiger partial charge on any atom is 0.260 e. The van der Waals surface area contributed by atoms with Crippen molar-refractivity contribution in [3.05, 3.63) is 85.8 Å². The van der Waals surface area contributed by atoms with E-state index in [-0.39, 0.29) is 6.61 Å². The minimum Gasteiger partial charge on any atom is -0.493 e. The predicted molar refractivity (Wildman–Crippen MR) is 149 cm³/mol. The number of hydrazone groups is 1. The summed E-state index contributed by atoms with van der Waals surface area (Å²) in [5.41, 5.74) is 4.14. The zero-order valence-electron chi connectivity index (χ0n) is 19.2. The van der Waals surface area contributed by atoms with Crippen molar-refractivity contribution in [2.75, 3.05) is 24.2 Å². The summed E-state index contributed by atoms with van der Waals surface area (Å²) < 4.78 is 38.1. The van der Waals surface area contributed by atoms with Crippen molar-refractivity contribution >= 4 is 71.3 Å². The number of ether oxygens (including phenoxy) is 2. The van der Waals surface area contributed by atoms with E-state index >= 15 is 0 Å².